The van der Waals surface area contributed by atoms with Gasteiger partial charge in [0.25, 0.3) is 0 Å². The number of hydrogen-bond acceptors (Lipinski definition) is 2. The fourth-order valence-corrected chi connectivity index (χ4v) is 3.21. The van der Waals surface area contributed by atoms with Crippen molar-refractivity contribution in [1.82, 2.24) is 5.32 Å². The van der Waals surface area contributed by atoms with Gasteiger partial charge in [-0.25, -0.2) is 4.39 Å². The molecule has 0 spiro atoms. The highest BCUT2D eigenvalue weighted by molar-refractivity contribution is 5.98. The monoisotopic (exact) mass is 233 g/mol. The third-order valence-corrected chi connectivity index (χ3v) is 3.96. The number of hydrogen-bond donors (Lipinski definition) is 1. The smallest absolute Gasteiger partial charge is 0.167 e. The van der Waals surface area contributed by atoms with E-state index in [9.17, 15) is 9.18 Å². The van der Waals surface area contributed by atoms with Gasteiger partial charge in [-0.05, 0) is 49.9 Å². The Bertz CT molecular complexity index is 451. The average Bonchev–Trinajstić information content (AvgIpc) is 2.88. The highest BCUT2D eigenvalue weighted by atomic mass is 19.1. The molecule has 3 atom stereocenters. The lowest BCUT2D eigenvalue weighted by Gasteiger charge is -2.18. The van der Waals surface area contributed by atoms with Gasteiger partial charge in [0.2, 0.25) is 0 Å². The summed E-state index contributed by atoms with van der Waals surface area (Å²) >= 11 is 0. The van der Waals surface area contributed by atoms with Crippen LogP contribution >= 0.6 is 0 Å². The van der Waals surface area contributed by atoms with Crippen LogP contribution in [0.2, 0.25) is 0 Å². The average molecular weight is 233 g/mol. The molecule has 1 aromatic rings. The molecule has 2 fully saturated rings. The molecule has 1 N–H and O–H groups in total. The zero-order valence-corrected chi connectivity index (χ0v) is 9.87. The minimum absolute atomic E-state index is 0.0509. The first-order chi connectivity index (χ1) is 8.13. The molecule has 2 nitrogen and oxygen atoms in total. The Kier molecular flexibility index (Phi) is 2.51. The predicted molar refractivity (Wildman–Crippen MR) is 63.5 cm³/mol. The van der Waals surface area contributed by atoms with Crippen LogP contribution in [0.3, 0.4) is 0 Å². The van der Waals surface area contributed by atoms with Gasteiger partial charge in [0.05, 0.1) is 0 Å². The lowest BCUT2D eigenvalue weighted by molar-refractivity contribution is 0.0900. The van der Waals surface area contributed by atoms with Crippen molar-refractivity contribution in [2.75, 3.05) is 0 Å². The number of aryl methyl sites for hydroxylation is 1. The maximum atomic E-state index is 13.3. The Morgan fingerprint density at radius 1 is 1.35 bits per heavy atom. The third kappa shape index (κ3) is 1.89. The van der Waals surface area contributed by atoms with Crippen LogP contribution in [0.5, 0.6) is 0 Å². The van der Waals surface area contributed by atoms with Gasteiger partial charge in [-0.1, -0.05) is 0 Å². The van der Waals surface area contributed by atoms with Crippen molar-refractivity contribution in [1.29, 1.82) is 0 Å². The van der Waals surface area contributed by atoms with E-state index in [1.165, 1.54) is 18.6 Å². The van der Waals surface area contributed by atoms with Crippen LogP contribution in [0.25, 0.3) is 0 Å². The molecule has 2 bridgehead atoms. The molecule has 90 valence electrons. The molecule has 0 amide bonds. The molecular weight excluding hydrogens is 217 g/mol. The van der Waals surface area contributed by atoms with Crippen molar-refractivity contribution >= 4 is 5.78 Å². The first kappa shape index (κ1) is 10.9. The van der Waals surface area contributed by atoms with Gasteiger partial charge in [-0.3, -0.25) is 4.79 Å². The maximum Gasteiger partial charge on any atom is 0.167 e. The van der Waals surface area contributed by atoms with Crippen LogP contribution in [-0.2, 0) is 0 Å². The van der Waals surface area contributed by atoms with Gasteiger partial charge in [-0.15, -0.1) is 0 Å². The second kappa shape index (κ2) is 3.91. The third-order valence-electron chi connectivity index (χ3n) is 3.96. The number of halogens is 1. The number of rotatable bonds is 2. The van der Waals surface area contributed by atoms with Crippen LogP contribution in [0, 0.1) is 18.7 Å². The van der Waals surface area contributed by atoms with E-state index in [1.54, 1.807) is 6.07 Å². The molecule has 3 rings (SSSR count). The van der Waals surface area contributed by atoms with E-state index in [0.717, 1.165) is 18.4 Å². The maximum absolute atomic E-state index is 13.3. The second-order valence-corrected chi connectivity index (χ2v) is 5.27. The molecule has 2 aliphatic heterocycles. The summed E-state index contributed by atoms with van der Waals surface area (Å²) in [5, 5.41) is 3.44. The molecule has 2 heterocycles. The SMILES string of the molecule is Cc1cc(F)cc(C(=O)C2CC3CCC2N3)c1. The number of benzene rings is 1. The first-order valence-electron chi connectivity index (χ1n) is 6.21. The van der Waals surface area contributed by atoms with E-state index in [2.05, 4.69) is 5.32 Å². The minimum atomic E-state index is -0.315. The number of nitrogens with one attached hydrogen (secondary N) is 1. The highest BCUT2D eigenvalue weighted by Gasteiger charge is 2.42. The van der Waals surface area contributed by atoms with E-state index in [1.807, 2.05) is 6.92 Å². The molecule has 0 aromatic heterocycles. The molecule has 3 heteroatoms. The summed E-state index contributed by atoms with van der Waals surface area (Å²) in [5.41, 5.74) is 1.34. The standard InChI is InChI=1S/C14H16FNO/c1-8-4-9(6-10(15)5-8)14(17)12-7-11-2-3-13(12)16-11/h4-6,11-13,16H,2-3,7H2,1H3. The normalized spacial score (nSPS) is 30.8. The summed E-state index contributed by atoms with van der Waals surface area (Å²) < 4.78 is 13.3. The number of carbonyl (C=O) groups excluding carboxylic acids is 1. The van der Waals surface area contributed by atoms with Crippen LogP contribution in [0.4, 0.5) is 4.39 Å². The Morgan fingerprint density at radius 3 is 2.76 bits per heavy atom. The second-order valence-electron chi connectivity index (χ2n) is 5.27. The molecule has 0 radical (unpaired) electrons. The highest BCUT2D eigenvalue weighted by Crippen LogP contribution is 2.35. The summed E-state index contributed by atoms with van der Waals surface area (Å²) in [6.45, 7) is 1.82. The first-order valence-corrected chi connectivity index (χ1v) is 6.21. The largest absolute Gasteiger partial charge is 0.310 e. The van der Waals surface area contributed by atoms with Crippen molar-refractivity contribution in [3.63, 3.8) is 0 Å². The lowest BCUT2D eigenvalue weighted by Crippen LogP contribution is -2.28. The molecular formula is C14H16FNO. The van der Waals surface area contributed by atoms with Crippen LogP contribution in [0.1, 0.15) is 35.2 Å². The molecule has 1 aromatic carbocycles. The summed E-state index contributed by atoms with van der Waals surface area (Å²) in [4.78, 5) is 12.3. The van der Waals surface area contributed by atoms with Gasteiger partial charge in [0, 0.05) is 23.6 Å². The Labute approximate surface area is 100 Å². The predicted octanol–water partition coefficient (Wildman–Crippen LogP) is 2.46. The fraction of sp³-hybridized carbons (Fsp3) is 0.500. The van der Waals surface area contributed by atoms with Crippen molar-refractivity contribution < 1.29 is 9.18 Å². The Hall–Kier alpha value is -1.22. The van der Waals surface area contributed by atoms with E-state index >= 15 is 0 Å². The topological polar surface area (TPSA) is 29.1 Å². The number of ketones is 1. The summed E-state index contributed by atoms with van der Waals surface area (Å²) in [5.74, 6) is -0.160. The lowest BCUT2D eigenvalue weighted by atomic mass is 9.83. The van der Waals surface area contributed by atoms with Crippen molar-refractivity contribution in [3.05, 3.63) is 35.1 Å². The number of fused-ring (bicyclic) bond motifs is 2. The summed E-state index contributed by atoms with van der Waals surface area (Å²) in [6, 6.07) is 5.42. The zero-order chi connectivity index (χ0) is 12.0. The van der Waals surface area contributed by atoms with Gasteiger partial charge in [0.15, 0.2) is 5.78 Å². The van der Waals surface area contributed by atoms with Crippen LogP contribution in [-0.4, -0.2) is 17.9 Å². The van der Waals surface area contributed by atoms with Crippen LogP contribution in [0.15, 0.2) is 18.2 Å². The van der Waals surface area contributed by atoms with E-state index in [-0.39, 0.29) is 17.5 Å². The number of Topliss-reactive ketones (excluding diaryl/α,β-unsaturated/α-hetero) is 1. The van der Waals surface area contributed by atoms with Crippen LogP contribution < -0.4 is 5.32 Å². The Balaban J connectivity index is 1.86. The van der Waals surface area contributed by atoms with Crippen molar-refractivity contribution in [3.8, 4) is 0 Å². The molecule has 2 aliphatic rings. The van der Waals surface area contributed by atoms with Gasteiger partial charge in [-0.2, -0.15) is 0 Å². The summed E-state index contributed by atoms with van der Waals surface area (Å²) in [7, 11) is 0. The van der Waals surface area contributed by atoms with Gasteiger partial charge >= 0.3 is 0 Å². The number of carbonyl (C=O) groups is 1. The summed E-state index contributed by atoms with van der Waals surface area (Å²) in [6.07, 6.45) is 3.17. The van der Waals surface area contributed by atoms with Crippen molar-refractivity contribution in [2.24, 2.45) is 5.92 Å². The van der Waals surface area contributed by atoms with E-state index in [0.29, 0.717) is 17.6 Å². The van der Waals surface area contributed by atoms with Crippen molar-refractivity contribution in [2.45, 2.75) is 38.3 Å². The molecule has 17 heavy (non-hydrogen) atoms. The molecule has 0 aliphatic carbocycles. The van der Waals surface area contributed by atoms with E-state index < -0.39 is 0 Å². The molecule has 2 saturated heterocycles. The molecule has 0 saturated carbocycles. The Morgan fingerprint density at radius 2 is 2.18 bits per heavy atom. The van der Waals surface area contributed by atoms with Gasteiger partial charge < -0.3 is 5.32 Å². The fourth-order valence-electron chi connectivity index (χ4n) is 3.21. The zero-order valence-electron chi connectivity index (χ0n) is 9.87. The quantitative estimate of drug-likeness (QED) is 0.795. The van der Waals surface area contributed by atoms with Gasteiger partial charge in [0.1, 0.15) is 5.82 Å². The van der Waals surface area contributed by atoms with E-state index in [4.69, 9.17) is 0 Å². The molecule has 3 unspecified atom stereocenters. The minimum Gasteiger partial charge on any atom is -0.310 e.